The second kappa shape index (κ2) is 29.5. The van der Waals surface area contributed by atoms with Gasteiger partial charge in [-0.15, -0.1) is 0 Å². The van der Waals surface area contributed by atoms with Crippen molar-refractivity contribution in [1.29, 1.82) is 0 Å². The van der Waals surface area contributed by atoms with Crippen LogP contribution in [-0.2, 0) is 7.05 Å². The molecule has 0 unspecified atom stereocenters. The number of fused-ring (bicyclic) bond motifs is 6. The van der Waals surface area contributed by atoms with Crippen LogP contribution in [0.5, 0.6) is 0 Å². The van der Waals surface area contributed by atoms with Crippen LogP contribution < -0.4 is 0 Å². The molecule has 0 spiro atoms. The second-order valence-corrected chi connectivity index (χ2v) is 23.1. The number of rotatable bonds is 6. The van der Waals surface area contributed by atoms with Gasteiger partial charge < -0.3 is 8.97 Å². The summed E-state index contributed by atoms with van der Waals surface area (Å²) in [5.74, 6) is 2.51. The summed E-state index contributed by atoms with van der Waals surface area (Å²) >= 11 is 0. The quantitative estimate of drug-likeness (QED) is 0.161. The molecule has 10 heterocycles. The molecule has 97 heavy (non-hydrogen) atoms. The van der Waals surface area contributed by atoms with Crippen molar-refractivity contribution in [2.75, 3.05) is 0 Å². The smallest absolute Gasteiger partial charge is 0.234 e. The molecule has 0 fully saturated rings. The van der Waals surface area contributed by atoms with Gasteiger partial charge >= 0.3 is 0 Å². The fourth-order valence-electron chi connectivity index (χ4n) is 12.1. The number of pyridine rings is 3. The largest absolute Gasteiger partial charge is 0.327 e. The number of aromatic nitrogens is 13. The molecule has 13 nitrogen and oxygen atoms in total. The first kappa shape index (κ1) is 63.0. The SMILES string of the molecule is Cc1c(-c2ccccc2)nc2ccccn12.Cc1c(-c2ccccc2)nc2ncccn12.Cc1nc2ccccn2c1-c1ccccc1.Cc1nc2ncccn2c1-c1ccccc1.Cc1ncc2ccccc2c1-c1ccccc1.Cn1c(-c2ccccc2)nc2ccccc21. The van der Waals surface area contributed by atoms with Gasteiger partial charge in [0.1, 0.15) is 17.1 Å². The monoisotopic (exact) mass is 1260 g/mol. The van der Waals surface area contributed by atoms with E-state index >= 15 is 0 Å². The molecular formula is C84H71N13. The van der Waals surface area contributed by atoms with E-state index in [0.29, 0.717) is 0 Å². The highest BCUT2D eigenvalue weighted by Gasteiger charge is 2.15. The lowest BCUT2D eigenvalue weighted by atomic mass is 9.98. The molecule has 0 atom stereocenters. The molecule has 0 bridgehead atoms. The van der Waals surface area contributed by atoms with Crippen molar-refractivity contribution >= 4 is 44.7 Å². The summed E-state index contributed by atoms with van der Waals surface area (Å²) in [7, 11) is 2.05. The zero-order chi connectivity index (χ0) is 66.5. The number of para-hydroxylation sites is 2. The molecule has 0 radical (unpaired) electrons. The van der Waals surface area contributed by atoms with Crippen molar-refractivity contribution in [3.63, 3.8) is 0 Å². The molecule has 472 valence electrons. The molecule has 0 aliphatic rings. The van der Waals surface area contributed by atoms with E-state index < -0.39 is 0 Å². The molecule has 0 aliphatic carbocycles. The van der Waals surface area contributed by atoms with Crippen LogP contribution in [0.4, 0.5) is 0 Å². The zero-order valence-electron chi connectivity index (χ0n) is 54.9. The number of imidazole rings is 5. The normalized spacial score (nSPS) is 10.8. The Labute approximate surface area is 563 Å². The molecular weight excluding hydrogens is 1190 g/mol. The fraction of sp³-hybridized carbons (Fsp3) is 0.0714. The molecule has 18 aromatic rings. The number of benzene rings is 8. The lowest BCUT2D eigenvalue weighted by Crippen LogP contribution is -1.91. The van der Waals surface area contributed by atoms with Gasteiger partial charge in [0.05, 0.1) is 45.2 Å². The summed E-state index contributed by atoms with van der Waals surface area (Å²) in [6, 6.07) is 94.3. The summed E-state index contributed by atoms with van der Waals surface area (Å²) in [6.07, 6.45) is 13.5. The summed E-state index contributed by atoms with van der Waals surface area (Å²) in [4.78, 5) is 35.8. The first-order valence-corrected chi connectivity index (χ1v) is 32.2. The van der Waals surface area contributed by atoms with E-state index in [1.54, 1.807) is 12.4 Å². The molecule has 18 rings (SSSR count). The van der Waals surface area contributed by atoms with Gasteiger partial charge in [-0.2, -0.15) is 0 Å². The van der Waals surface area contributed by atoms with Crippen molar-refractivity contribution in [3.8, 4) is 67.5 Å². The summed E-state index contributed by atoms with van der Waals surface area (Å²) < 4.78 is 10.4. The minimum Gasteiger partial charge on any atom is -0.327 e. The van der Waals surface area contributed by atoms with Gasteiger partial charge in [0.2, 0.25) is 11.6 Å². The Hall–Kier alpha value is -12.7. The van der Waals surface area contributed by atoms with Crippen LogP contribution in [-0.4, -0.2) is 62.0 Å². The highest BCUT2D eigenvalue weighted by atomic mass is 15.1. The van der Waals surface area contributed by atoms with Gasteiger partial charge in [-0.05, 0) is 94.1 Å². The zero-order valence-corrected chi connectivity index (χ0v) is 54.9. The summed E-state index contributed by atoms with van der Waals surface area (Å²) in [5.41, 5.74) is 22.3. The Morgan fingerprint density at radius 3 is 1.31 bits per heavy atom. The topological polar surface area (TPSA) is 126 Å². The second-order valence-electron chi connectivity index (χ2n) is 23.1. The Bertz CT molecular complexity index is 5180. The van der Waals surface area contributed by atoms with Crippen LogP contribution in [0, 0.1) is 34.6 Å². The Balaban J connectivity index is 0.000000105. The van der Waals surface area contributed by atoms with Crippen molar-refractivity contribution in [2.45, 2.75) is 34.6 Å². The van der Waals surface area contributed by atoms with Gasteiger partial charge in [-0.25, -0.2) is 34.9 Å². The highest BCUT2D eigenvalue weighted by Crippen LogP contribution is 2.32. The van der Waals surface area contributed by atoms with Crippen LogP contribution in [0.2, 0.25) is 0 Å². The van der Waals surface area contributed by atoms with Gasteiger partial charge in [-0.1, -0.05) is 231 Å². The minimum absolute atomic E-state index is 0.749. The maximum atomic E-state index is 4.65. The maximum absolute atomic E-state index is 4.65. The molecule has 0 aliphatic heterocycles. The number of hydrogen-bond donors (Lipinski definition) is 0. The predicted molar refractivity (Wildman–Crippen MR) is 395 cm³/mol. The van der Waals surface area contributed by atoms with Crippen LogP contribution in [0.25, 0.3) is 112 Å². The van der Waals surface area contributed by atoms with E-state index in [-0.39, 0.29) is 0 Å². The third-order valence-corrected chi connectivity index (χ3v) is 16.8. The minimum atomic E-state index is 0.749. The Morgan fingerprint density at radius 1 is 0.299 bits per heavy atom. The third kappa shape index (κ3) is 14.0. The van der Waals surface area contributed by atoms with Crippen molar-refractivity contribution in [1.82, 2.24) is 62.0 Å². The van der Waals surface area contributed by atoms with Crippen LogP contribution >= 0.6 is 0 Å². The van der Waals surface area contributed by atoms with Gasteiger partial charge in [-0.3, -0.25) is 18.2 Å². The lowest BCUT2D eigenvalue weighted by molar-refractivity contribution is 0.959. The van der Waals surface area contributed by atoms with E-state index in [9.17, 15) is 0 Å². The first-order chi connectivity index (χ1) is 47.7. The molecule has 10 aromatic heterocycles. The molecule has 0 saturated carbocycles. The Kier molecular flexibility index (Phi) is 19.2. The van der Waals surface area contributed by atoms with E-state index in [2.05, 4.69) is 216 Å². The summed E-state index contributed by atoms with van der Waals surface area (Å²) in [6.45, 7) is 10.3. The molecule has 8 aromatic carbocycles. The van der Waals surface area contributed by atoms with E-state index in [1.165, 1.54) is 55.5 Å². The van der Waals surface area contributed by atoms with Crippen molar-refractivity contribution in [3.05, 3.63) is 351 Å². The Morgan fingerprint density at radius 2 is 0.732 bits per heavy atom. The fourth-order valence-corrected chi connectivity index (χ4v) is 12.1. The van der Waals surface area contributed by atoms with Crippen molar-refractivity contribution in [2.24, 2.45) is 7.05 Å². The van der Waals surface area contributed by atoms with Gasteiger partial charge in [0.15, 0.2) is 0 Å². The third-order valence-electron chi connectivity index (χ3n) is 16.8. The first-order valence-electron chi connectivity index (χ1n) is 32.2. The molecule has 0 saturated heterocycles. The summed E-state index contributed by atoms with van der Waals surface area (Å²) in [5, 5.41) is 2.46. The van der Waals surface area contributed by atoms with Crippen molar-refractivity contribution < 1.29 is 0 Å². The van der Waals surface area contributed by atoms with Gasteiger partial charge in [0.25, 0.3) is 0 Å². The maximum Gasteiger partial charge on any atom is 0.234 e. The van der Waals surface area contributed by atoms with Crippen LogP contribution in [0.3, 0.4) is 0 Å². The average Bonchev–Trinajstić information content (AvgIpc) is 1.87. The average molecular weight is 1260 g/mol. The van der Waals surface area contributed by atoms with E-state index in [4.69, 9.17) is 0 Å². The van der Waals surface area contributed by atoms with Crippen LogP contribution in [0.1, 0.15) is 28.5 Å². The number of hydrogen-bond acceptors (Lipinski definition) is 8. The van der Waals surface area contributed by atoms with E-state index in [1.807, 2.05) is 198 Å². The highest BCUT2D eigenvalue weighted by molar-refractivity contribution is 5.97. The molecule has 13 heteroatoms. The predicted octanol–water partition coefficient (Wildman–Crippen LogP) is 19.5. The molecule has 0 N–H and O–H groups in total. The lowest BCUT2D eigenvalue weighted by Gasteiger charge is -2.09. The number of aryl methyl sites for hydroxylation is 6. The molecule has 0 amide bonds. The standard InChI is InChI=1S/C16H13N.3C14H12N2.2C13H11N3/c1-12-16(13-7-3-2-4-8-13)15-10-6-5-9-14(15)11-17-12;1-16-13-10-6-5-9-12(13)15-14(16)11-7-3-2-4-8-11;1-11-14(12-7-3-2-4-8-12)15-13-9-5-6-10-16(11)13;1-11-14(12-7-3-2-4-8-12)16-10-6-5-9-13(16)15-11;1-10-12(11-6-3-2-4-7-11)15-13-14-8-5-9-16(10)13;1-10-12(11-6-3-2-4-7-11)16-9-5-8-14-13(16)15-10/h2-11H,1H3;3*2-10H,1H3;2*2-9H,1H3. The van der Waals surface area contributed by atoms with Gasteiger partial charge in [0, 0.05) is 106 Å². The van der Waals surface area contributed by atoms with E-state index in [0.717, 1.165) is 85.2 Å². The number of nitrogens with zero attached hydrogens (tertiary/aromatic N) is 13. The van der Waals surface area contributed by atoms with Crippen LogP contribution in [0.15, 0.2) is 322 Å².